The van der Waals surface area contributed by atoms with Crippen LogP contribution < -0.4 is 10.1 Å². The number of carbonyl (C=O) groups excluding carboxylic acids is 1. The molecular weight excluding hydrogens is 252 g/mol. The zero-order chi connectivity index (χ0) is 15.0. The average molecular weight is 278 g/mol. The number of nitrogens with zero attached hydrogens (tertiary/aromatic N) is 1. The minimum absolute atomic E-state index is 0.213. The number of aryl methyl sites for hydroxylation is 1. The summed E-state index contributed by atoms with van der Waals surface area (Å²) < 4.78 is 5.79. The fourth-order valence-corrected chi connectivity index (χ4v) is 2.06. The fraction of sp³-hybridized carbons (Fsp3) is 0.625. The first-order chi connectivity index (χ1) is 9.67. The van der Waals surface area contributed by atoms with Crippen molar-refractivity contribution >= 4 is 5.78 Å². The van der Waals surface area contributed by atoms with Gasteiger partial charge in [0, 0.05) is 24.7 Å². The van der Waals surface area contributed by atoms with Crippen LogP contribution >= 0.6 is 0 Å². The van der Waals surface area contributed by atoms with E-state index >= 15 is 0 Å². The number of hydrogen-bond acceptors (Lipinski definition) is 4. The van der Waals surface area contributed by atoms with Crippen LogP contribution in [-0.2, 0) is 11.2 Å². The molecule has 0 aromatic carbocycles. The first-order valence-electron chi connectivity index (χ1n) is 7.45. The largest absolute Gasteiger partial charge is 0.474 e. The summed E-state index contributed by atoms with van der Waals surface area (Å²) in [5, 5.41) is 3.22. The molecule has 1 N–H and O–H groups in total. The molecule has 4 heteroatoms. The second-order valence-electron chi connectivity index (χ2n) is 4.90. The van der Waals surface area contributed by atoms with Gasteiger partial charge in [0.15, 0.2) is 0 Å². The molecule has 0 aliphatic heterocycles. The summed E-state index contributed by atoms with van der Waals surface area (Å²) in [6.07, 6.45) is 5.44. The van der Waals surface area contributed by atoms with E-state index in [1.165, 1.54) is 0 Å². The van der Waals surface area contributed by atoms with E-state index in [1.807, 2.05) is 33.0 Å². The summed E-state index contributed by atoms with van der Waals surface area (Å²) in [5.41, 5.74) is 1.11. The molecule has 0 radical (unpaired) electrons. The number of Topliss-reactive ketones (excluding diaryl/α,β-unsaturated/α-hetero) is 1. The van der Waals surface area contributed by atoms with Crippen molar-refractivity contribution in [3.05, 3.63) is 23.9 Å². The van der Waals surface area contributed by atoms with E-state index in [0.29, 0.717) is 18.3 Å². The second-order valence-corrected chi connectivity index (χ2v) is 4.90. The summed E-state index contributed by atoms with van der Waals surface area (Å²) in [7, 11) is 1.97. The molecule has 1 aromatic heterocycles. The highest BCUT2D eigenvalue weighted by molar-refractivity contribution is 5.75. The highest BCUT2D eigenvalue weighted by atomic mass is 16.5. The van der Waals surface area contributed by atoms with Gasteiger partial charge in [-0.05, 0) is 44.9 Å². The Bertz CT molecular complexity index is 415. The Kier molecular flexibility index (Phi) is 7.23. The van der Waals surface area contributed by atoms with Crippen LogP contribution in [0.4, 0.5) is 0 Å². The van der Waals surface area contributed by atoms with Crippen LogP contribution in [0.15, 0.2) is 18.3 Å². The molecule has 1 fully saturated rings. The SMILES string of the molecule is CC.CNC1CC(Oc2cc(CCC(C)=O)ccn2)C1. The Morgan fingerprint density at radius 1 is 1.45 bits per heavy atom. The Labute approximate surface area is 121 Å². The van der Waals surface area contributed by atoms with E-state index in [4.69, 9.17) is 4.74 Å². The Morgan fingerprint density at radius 2 is 2.15 bits per heavy atom. The normalized spacial score (nSPS) is 20.4. The molecule has 0 atom stereocenters. The van der Waals surface area contributed by atoms with Crippen molar-refractivity contribution in [2.45, 2.75) is 58.6 Å². The average Bonchev–Trinajstić information content (AvgIpc) is 2.43. The summed E-state index contributed by atoms with van der Waals surface area (Å²) in [5.74, 6) is 0.890. The molecule has 1 saturated carbocycles. The smallest absolute Gasteiger partial charge is 0.213 e. The lowest BCUT2D eigenvalue weighted by atomic mass is 9.89. The zero-order valence-electron chi connectivity index (χ0n) is 13.0. The minimum Gasteiger partial charge on any atom is -0.474 e. The van der Waals surface area contributed by atoms with Crippen LogP contribution in [0.5, 0.6) is 5.88 Å². The van der Waals surface area contributed by atoms with E-state index in [0.717, 1.165) is 24.8 Å². The van der Waals surface area contributed by atoms with Gasteiger partial charge in [0.05, 0.1) is 0 Å². The van der Waals surface area contributed by atoms with Crippen molar-refractivity contribution in [2.75, 3.05) is 7.05 Å². The van der Waals surface area contributed by atoms with Gasteiger partial charge in [0.25, 0.3) is 0 Å². The third-order valence-electron chi connectivity index (χ3n) is 3.36. The Morgan fingerprint density at radius 3 is 2.75 bits per heavy atom. The molecule has 0 bridgehead atoms. The molecule has 4 nitrogen and oxygen atoms in total. The highest BCUT2D eigenvalue weighted by Gasteiger charge is 2.29. The van der Waals surface area contributed by atoms with E-state index in [9.17, 15) is 4.79 Å². The summed E-state index contributed by atoms with van der Waals surface area (Å²) >= 11 is 0. The van der Waals surface area contributed by atoms with Crippen LogP contribution in [0.1, 0.15) is 45.6 Å². The van der Waals surface area contributed by atoms with Crippen LogP contribution in [0.25, 0.3) is 0 Å². The second kappa shape index (κ2) is 8.69. The van der Waals surface area contributed by atoms with Gasteiger partial charge in [0.1, 0.15) is 11.9 Å². The van der Waals surface area contributed by atoms with Crippen molar-refractivity contribution in [1.82, 2.24) is 10.3 Å². The van der Waals surface area contributed by atoms with Gasteiger partial charge in [0.2, 0.25) is 5.88 Å². The van der Waals surface area contributed by atoms with Crippen molar-refractivity contribution in [2.24, 2.45) is 0 Å². The standard InChI is InChI=1S/C14H20N2O2.C2H6/c1-10(17)3-4-11-5-6-16-14(7-11)18-13-8-12(9-13)15-2;1-2/h5-7,12-13,15H,3-4,8-9H2,1-2H3;1-2H3. The van der Waals surface area contributed by atoms with Gasteiger partial charge in [-0.1, -0.05) is 13.8 Å². The topological polar surface area (TPSA) is 51.2 Å². The lowest BCUT2D eigenvalue weighted by molar-refractivity contribution is -0.116. The first kappa shape index (κ1) is 16.6. The number of nitrogens with one attached hydrogen (secondary N) is 1. The van der Waals surface area contributed by atoms with E-state index < -0.39 is 0 Å². The van der Waals surface area contributed by atoms with E-state index in [2.05, 4.69) is 10.3 Å². The molecule has 0 amide bonds. The lowest BCUT2D eigenvalue weighted by Crippen LogP contribution is -2.45. The summed E-state index contributed by atoms with van der Waals surface area (Å²) in [4.78, 5) is 15.2. The number of aromatic nitrogens is 1. The van der Waals surface area contributed by atoms with Crippen molar-refractivity contribution < 1.29 is 9.53 Å². The molecule has 2 rings (SSSR count). The van der Waals surface area contributed by atoms with Gasteiger partial charge in [-0.15, -0.1) is 0 Å². The molecule has 1 aliphatic rings. The molecule has 20 heavy (non-hydrogen) atoms. The number of carbonyl (C=O) groups is 1. The van der Waals surface area contributed by atoms with Gasteiger partial charge in [-0.2, -0.15) is 0 Å². The minimum atomic E-state index is 0.213. The van der Waals surface area contributed by atoms with Gasteiger partial charge >= 0.3 is 0 Å². The van der Waals surface area contributed by atoms with Gasteiger partial charge < -0.3 is 14.8 Å². The maximum absolute atomic E-state index is 11.0. The first-order valence-corrected chi connectivity index (χ1v) is 7.45. The molecule has 1 aromatic rings. The van der Waals surface area contributed by atoms with E-state index in [-0.39, 0.29) is 11.9 Å². The number of rotatable bonds is 6. The number of ketones is 1. The molecule has 0 unspecified atom stereocenters. The molecule has 1 heterocycles. The monoisotopic (exact) mass is 278 g/mol. The molecule has 0 saturated heterocycles. The van der Waals surface area contributed by atoms with Crippen molar-refractivity contribution in [1.29, 1.82) is 0 Å². The maximum atomic E-state index is 11.0. The third-order valence-corrected chi connectivity index (χ3v) is 3.36. The molecule has 0 spiro atoms. The number of hydrogen-bond donors (Lipinski definition) is 1. The van der Waals surface area contributed by atoms with Crippen molar-refractivity contribution in [3.63, 3.8) is 0 Å². The molecule has 112 valence electrons. The zero-order valence-corrected chi connectivity index (χ0v) is 13.0. The maximum Gasteiger partial charge on any atom is 0.213 e. The van der Waals surface area contributed by atoms with Crippen LogP contribution in [0, 0.1) is 0 Å². The fourth-order valence-electron chi connectivity index (χ4n) is 2.06. The van der Waals surface area contributed by atoms with Crippen LogP contribution in [0.2, 0.25) is 0 Å². The predicted octanol–water partition coefficient (Wildman–Crippen LogP) is 2.76. The van der Waals surface area contributed by atoms with Gasteiger partial charge in [-0.25, -0.2) is 4.98 Å². The van der Waals surface area contributed by atoms with Crippen LogP contribution in [0.3, 0.4) is 0 Å². The molecular formula is C16H26N2O2. The Balaban J connectivity index is 0.000000956. The summed E-state index contributed by atoms with van der Waals surface area (Å²) in [6, 6.07) is 4.46. The molecule has 1 aliphatic carbocycles. The summed E-state index contributed by atoms with van der Waals surface area (Å²) in [6.45, 7) is 5.62. The Hall–Kier alpha value is -1.42. The predicted molar refractivity (Wildman–Crippen MR) is 81.1 cm³/mol. The lowest BCUT2D eigenvalue weighted by Gasteiger charge is -2.34. The number of ether oxygens (including phenoxy) is 1. The van der Waals surface area contributed by atoms with Gasteiger partial charge in [-0.3, -0.25) is 0 Å². The van der Waals surface area contributed by atoms with Crippen LogP contribution in [-0.4, -0.2) is 30.0 Å². The highest BCUT2D eigenvalue weighted by Crippen LogP contribution is 2.25. The van der Waals surface area contributed by atoms with Crippen molar-refractivity contribution in [3.8, 4) is 5.88 Å². The quantitative estimate of drug-likeness (QED) is 0.869. The third kappa shape index (κ3) is 5.29. The number of pyridine rings is 1. The van der Waals surface area contributed by atoms with E-state index in [1.54, 1.807) is 13.1 Å².